The highest BCUT2D eigenvalue weighted by molar-refractivity contribution is 5.81. The first-order valence-corrected chi connectivity index (χ1v) is 7.68. The van der Waals surface area contributed by atoms with Crippen molar-refractivity contribution in [1.29, 1.82) is 0 Å². The van der Waals surface area contributed by atoms with E-state index in [1.165, 1.54) is 0 Å². The van der Waals surface area contributed by atoms with E-state index in [1.54, 1.807) is 11.8 Å². The summed E-state index contributed by atoms with van der Waals surface area (Å²) in [6.07, 6.45) is 1.04. The Morgan fingerprint density at radius 3 is 2.71 bits per heavy atom. The van der Waals surface area contributed by atoms with Gasteiger partial charge in [-0.1, -0.05) is 0 Å². The van der Waals surface area contributed by atoms with Crippen LogP contribution in [0.25, 0.3) is 0 Å². The van der Waals surface area contributed by atoms with E-state index in [-0.39, 0.29) is 18.1 Å². The lowest BCUT2D eigenvalue weighted by atomic mass is 9.76. The highest BCUT2D eigenvalue weighted by Gasteiger charge is 2.56. The molecule has 6 nitrogen and oxygen atoms in total. The number of ether oxygens (including phenoxy) is 2. The number of carbonyl (C=O) groups is 2. The average Bonchev–Trinajstić information content (AvgIpc) is 2.77. The minimum atomic E-state index is -0.620. The Labute approximate surface area is 126 Å². The predicted octanol–water partition coefficient (Wildman–Crippen LogP) is 1.54. The van der Waals surface area contributed by atoms with Gasteiger partial charge in [-0.05, 0) is 47.1 Å². The maximum atomic E-state index is 12.4. The fourth-order valence-electron chi connectivity index (χ4n) is 3.25. The fourth-order valence-corrected chi connectivity index (χ4v) is 3.25. The summed E-state index contributed by atoms with van der Waals surface area (Å²) in [5, 5.41) is 3.26. The van der Waals surface area contributed by atoms with Crippen molar-refractivity contribution in [2.75, 3.05) is 26.2 Å². The Morgan fingerprint density at radius 2 is 2.10 bits per heavy atom. The molecule has 0 spiro atoms. The molecule has 2 rings (SSSR count). The topological polar surface area (TPSA) is 67.9 Å². The maximum Gasteiger partial charge on any atom is 0.410 e. The summed E-state index contributed by atoms with van der Waals surface area (Å²) in [4.78, 5) is 26.5. The molecular weight excluding hydrogens is 272 g/mol. The number of hydrogen-bond acceptors (Lipinski definition) is 5. The lowest BCUT2D eigenvalue weighted by molar-refractivity contribution is -0.157. The van der Waals surface area contributed by atoms with Crippen LogP contribution in [0.2, 0.25) is 0 Å². The molecule has 120 valence electrons. The largest absolute Gasteiger partial charge is 0.465 e. The van der Waals surface area contributed by atoms with E-state index < -0.39 is 11.0 Å². The molecule has 6 heteroatoms. The Kier molecular flexibility index (Phi) is 4.46. The van der Waals surface area contributed by atoms with Crippen LogP contribution >= 0.6 is 0 Å². The van der Waals surface area contributed by atoms with Gasteiger partial charge in [-0.25, -0.2) is 4.79 Å². The molecule has 0 aromatic heterocycles. The van der Waals surface area contributed by atoms with Gasteiger partial charge in [-0.2, -0.15) is 0 Å². The number of nitrogens with one attached hydrogen (secondary N) is 1. The Hall–Kier alpha value is -1.30. The van der Waals surface area contributed by atoms with Crippen LogP contribution in [0.3, 0.4) is 0 Å². The molecule has 2 unspecified atom stereocenters. The highest BCUT2D eigenvalue weighted by atomic mass is 16.6. The van der Waals surface area contributed by atoms with E-state index in [2.05, 4.69) is 5.32 Å². The Morgan fingerprint density at radius 1 is 1.38 bits per heavy atom. The number of carbonyl (C=O) groups excluding carboxylic acids is 2. The molecule has 1 amide bonds. The molecule has 2 heterocycles. The molecule has 2 aliphatic rings. The quantitative estimate of drug-likeness (QED) is 0.783. The summed E-state index contributed by atoms with van der Waals surface area (Å²) >= 11 is 0. The smallest absolute Gasteiger partial charge is 0.410 e. The summed E-state index contributed by atoms with van der Waals surface area (Å²) in [5.74, 6) is -0.201. The van der Waals surface area contributed by atoms with E-state index in [1.807, 2.05) is 20.8 Å². The maximum absolute atomic E-state index is 12.4. The normalized spacial score (nSPS) is 29.0. The minimum absolute atomic E-state index is 0.132. The van der Waals surface area contributed by atoms with Crippen molar-refractivity contribution in [2.24, 2.45) is 5.41 Å². The second-order valence-electron chi connectivity index (χ2n) is 6.78. The lowest BCUT2D eigenvalue weighted by Gasteiger charge is -2.40. The van der Waals surface area contributed by atoms with Gasteiger partial charge in [0.25, 0.3) is 0 Å². The summed E-state index contributed by atoms with van der Waals surface area (Å²) in [6, 6.07) is -0.132. The molecule has 2 saturated heterocycles. The third kappa shape index (κ3) is 3.15. The standard InChI is InChI=1S/C15H26N2O4/c1-5-20-12(18)15-7-9-17(11(15)6-8-16-10-15)13(19)21-14(2,3)4/h11,16H,5-10H2,1-4H3. The van der Waals surface area contributed by atoms with E-state index in [0.29, 0.717) is 26.1 Å². The fraction of sp³-hybridized carbons (Fsp3) is 0.867. The second-order valence-corrected chi connectivity index (χ2v) is 6.78. The number of nitrogens with zero attached hydrogens (tertiary/aromatic N) is 1. The van der Waals surface area contributed by atoms with E-state index in [4.69, 9.17) is 9.47 Å². The third-order valence-electron chi connectivity index (χ3n) is 4.16. The van der Waals surface area contributed by atoms with Gasteiger partial charge >= 0.3 is 12.1 Å². The monoisotopic (exact) mass is 298 g/mol. The number of likely N-dealkylation sites (tertiary alicyclic amines) is 1. The molecule has 0 bridgehead atoms. The summed E-state index contributed by atoms with van der Waals surface area (Å²) in [5.41, 5.74) is -1.15. The van der Waals surface area contributed by atoms with Crippen molar-refractivity contribution in [3.05, 3.63) is 0 Å². The van der Waals surface area contributed by atoms with Gasteiger partial charge in [-0.3, -0.25) is 4.79 Å². The molecule has 0 aliphatic carbocycles. The van der Waals surface area contributed by atoms with Crippen LogP contribution in [0.5, 0.6) is 0 Å². The average molecular weight is 298 g/mol. The molecule has 0 saturated carbocycles. The van der Waals surface area contributed by atoms with Gasteiger partial charge in [0.2, 0.25) is 0 Å². The van der Waals surface area contributed by atoms with Gasteiger partial charge in [0.1, 0.15) is 11.0 Å². The van der Waals surface area contributed by atoms with Crippen molar-refractivity contribution in [3.63, 3.8) is 0 Å². The van der Waals surface area contributed by atoms with Gasteiger partial charge in [0.15, 0.2) is 0 Å². The molecule has 0 aromatic rings. The van der Waals surface area contributed by atoms with Crippen molar-refractivity contribution in [3.8, 4) is 0 Å². The van der Waals surface area contributed by atoms with Crippen LogP contribution in [0.15, 0.2) is 0 Å². The second kappa shape index (κ2) is 5.83. The number of amides is 1. The van der Waals surface area contributed by atoms with E-state index in [9.17, 15) is 9.59 Å². The zero-order chi connectivity index (χ0) is 15.7. The molecule has 2 aliphatic heterocycles. The van der Waals surface area contributed by atoms with Crippen LogP contribution in [0.4, 0.5) is 4.79 Å². The van der Waals surface area contributed by atoms with Gasteiger partial charge in [-0.15, -0.1) is 0 Å². The minimum Gasteiger partial charge on any atom is -0.465 e. The van der Waals surface area contributed by atoms with Crippen LogP contribution in [0, 0.1) is 5.41 Å². The highest BCUT2D eigenvalue weighted by Crippen LogP contribution is 2.42. The molecule has 1 N–H and O–H groups in total. The Bertz CT molecular complexity index is 418. The first kappa shape index (κ1) is 16.1. The zero-order valence-corrected chi connectivity index (χ0v) is 13.4. The van der Waals surface area contributed by atoms with Crippen LogP contribution in [-0.4, -0.2) is 54.8 Å². The lowest BCUT2D eigenvalue weighted by Crippen LogP contribution is -2.57. The van der Waals surface area contributed by atoms with Crippen LogP contribution in [-0.2, 0) is 14.3 Å². The van der Waals surface area contributed by atoms with Crippen LogP contribution in [0.1, 0.15) is 40.5 Å². The number of rotatable bonds is 2. The number of piperidine rings is 1. The first-order chi connectivity index (χ1) is 9.80. The first-order valence-electron chi connectivity index (χ1n) is 7.68. The van der Waals surface area contributed by atoms with Crippen molar-refractivity contribution in [1.82, 2.24) is 10.2 Å². The van der Waals surface area contributed by atoms with Gasteiger partial charge in [0, 0.05) is 13.1 Å². The number of fused-ring (bicyclic) bond motifs is 1. The molecule has 0 aromatic carbocycles. The number of hydrogen-bond donors (Lipinski definition) is 1. The number of esters is 1. The van der Waals surface area contributed by atoms with Crippen molar-refractivity contribution in [2.45, 2.75) is 52.2 Å². The molecular formula is C15H26N2O4. The Balaban J connectivity index is 2.17. The van der Waals surface area contributed by atoms with Crippen molar-refractivity contribution >= 4 is 12.1 Å². The molecule has 2 fully saturated rings. The van der Waals surface area contributed by atoms with Crippen molar-refractivity contribution < 1.29 is 19.1 Å². The van der Waals surface area contributed by atoms with Gasteiger partial charge in [0.05, 0.1) is 12.6 Å². The zero-order valence-electron chi connectivity index (χ0n) is 13.4. The summed E-state index contributed by atoms with van der Waals surface area (Å²) < 4.78 is 10.7. The van der Waals surface area contributed by atoms with E-state index in [0.717, 1.165) is 13.0 Å². The van der Waals surface area contributed by atoms with E-state index >= 15 is 0 Å². The molecule has 21 heavy (non-hydrogen) atoms. The summed E-state index contributed by atoms with van der Waals surface area (Å²) in [6.45, 7) is 9.62. The van der Waals surface area contributed by atoms with Gasteiger partial charge < -0.3 is 19.7 Å². The third-order valence-corrected chi connectivity index (χ3v) is 4.16. The van der Waals surface area contributed by atoms with Crippen LogP contribution < -0.4 is 5.32 Å². The SMILES string of the molecule is CCOC(=O)C12CCN(C(=O)OC(C)(C)C)C1CCNC2. The molecule has 2 atom stereocenters. The predicted molar refractivity (Wildman–Crippen MR) is 77.9 cm³/mol. The summed E-state index contributed by atoms with van der Waals surface area (Å²) in [7, 11) is 0. The molecule has 0 radical (unpaired) electrons.